The first-order valence-electron chi connectivity index (χ1n) is 7.93. The van der Waals surface area contributed by atoms with E-state index in [1.807, 2.05) is 6.92 Å². The second-order valence-corrected chi connectivity index (χ2v) is 6.05. The Balaban J connectivity index is 1.84. The Labute approximate surface area is 145 Å². The van der Waals surface area contributed by atoms with E-state index in [1.165, 1.54) is 20.4 Å². The molecular weight excluding hydrogens is 322 g/mol. The van der Waals surface area contributed by atoms with Crippen LogP contribution in [0.2, 0.25) is 0 Å². The highest BCUT2D eigenvalue weighted by Crippen LogP contribution is 2.25. The molecule has 0 saturated carbocycles. The summed E-state index contributed by atoms with van der Waals surface area (Å²) in [6.07, 6.45) is 2.68. The number of hydrogen-bond donors (Lipinski definition) is 1. The molecule has 25 heavy (non-hydrogen) atoms. The molecule has 0 spiro atoms. The standard InChI is InChI=1S/C18H19N3O4/c1-10-4-15-14(16(22)5-10)9-19-18(20-15)21-17(23)11-6-12(24-2)8-13(7-11)25-3/h6-10H,4-5H2,1-3H3,(H,19,20,21,23). The lowest BCUT2D eigenvalue weighted by Gasteiger charge is -2.19. The van der Waals surface area contributed by atoms with Gasteiger partial charge in [0.05, 0.1) is 25.5 Å². The van der Waals surface area contributed by atoms with Gasteiger partial charge in [0.1, 0.15) is 11.5 Å². The number of benzene rings is 1. The van der Waals surface area contributed by atoms with Crippen LogP contribution in [0.25, 0.3) is 0 Å². The summed E-state index contributed by atoms with van der Waals surface area (Å²) in [6.45, 7) is 2.00. The van der Waals surface area contributed by atoms with Gasteiger partial charge in [-0.25, -0.2) is 9.97 Å². The van der Waals surface area contributed by atoms with Gasteiger partial charge in [-0.05, 0) is 24.5 Å². The molecule has 1 heterocycles. The average molecular weight is 341 g/mol. The van der Waals surface area contributed by atoms with Crippen LogP contribution < -0.4 is 14.8 Å². The number of Topliss-reactive ketones (excluding diaryl/α,β-unsaturated/α-hetero) is 1. The molecule has 0 aliphatic heterocycles. The number of carbonyl (C=O) groups is 2. The van der Waals surface area contributed by atoms with Crippen LogP contribution in [0.5, 0.6) is 11.5 Å². The number of ketones is 1. The summed E-state index contributed by atoms with van der Waals surface area (Å²) in [6, 6.07) is 4.88. The summed E-state index contributed by atoms with van der Waals surface area (Å²) < 4.78 is 10.3. The zero-order valence-electron chi connectivity index (χ0n) is 14.3. The molecule has 1 unspecified atom stereocenters. The van der Waals surface area contributed by atoms with Crippen molar-refractivity contribution in [1.82, 2.24) is 9.97 Å². The third-order valence-corrected chi connectivity index (χ3v) is 4.08. The summed E-state index contributed by atoms with van der Waals surface area (Å²) in [5.74, 6) is 1.09. The topological polar surface area (TPSA) is 90.4 Å². The molecule has 1 amide bonds. The molecule has 1 aromatic heterocycles. The van der Waals surface area contributed by atoms with E-state index in [4.69, 9.17) is 9.47 Å². The van der Waals surface area contributed by atoms with Gasteiger partial charge < -0.3 is 9.47 Å². The zero-order chi connectivity index (χ0) is 18.0. The van der Waals surface area contributed by atoms with Crippen molar-refractivity contribution in [3.63, 3.8) is 0 Å². The molecule has 130 valence electrons. The number of hydrogen-bond acceptors (Lipinski definition) is 6. The maximum Gasteiger partial charge on any atom is 0.258 e. The molecule has 0 saturated heterocycles. The second kappa shape index (κ2) is 6.88. The van der Waals surface area contributed by atoms with E-state index in [0.717, 1.165) is 0 Å². The fourth-order valence-electron chi connectivity index (χ4n) is 2.81. The van der Waals surface area contributed by atoms with Gasteiger partial charge in [0.2, 0.25) is 5.95 Å². The summed E-state index contributed by atoms with van der Waals surface area (Å²) in [7, 11) is 3.03. The molecule has 1 atom stereocenters. The number of rotatable bonds is 4. The Morgan fingerprint density at radius 1 is 1.16 bits per heavy atom. The Kier molecular flexibility index (Phi) is 4.65. The molecule has 0 bridgehead atoms. The van der Waals surface area contributed by atoms with Gasteiger partial charge in [-0.2, -0.15) is 0 Å². The van der Waals surface area contributed by atoms with Crippen molar-refractivity contribution in [3.05, 3.63) is 41.2 Å². The van der Waals surface area contributed by atoms with Crippen LogP contribution in [0.15, 0.2) is 24.4 Å². The lowest BCUT2D eigenvalue weighted by Crippen LogP contribution is -2.22. The maximum atomic E-state index is 12.5. The van der Waals surface area contributed by atoms with Crippen molar-refractivity contribution in [2.45, 2.75) is 19.8 Å². The molecule has 3 rings (SSSR count). The predicted octanol–water partition coefficient (Wildman–Crippen LogP) is 2.51. The Morgan fingerprint density at radius 2 is 1.84 bits per heavy atom. The Morgan fingerprint density at radius 3 is 2.48 bits per heavy atom. The van der Waals surface area contributed by atoms with Crippen LogP contribution in [0.1, 0.15) is 39.8 Å². The molecule has 1 aromatic carbocycles. The molecule has 0 fully saturated rings. The molecule has 7 heteroatoms. The van der Waals surface area contributed by atoms with Gasteiger partial charge in [0.15, 0.2) is 5.78 Å². The van der Waals surface area contributed by atoms with E-state index in [2.05, 4.69) is 15.3 Å². The van der Waals surface area contributed by atoms with Gasteiger partial charge >= 0.3 is 0 Å². The number of fused-ring (bicyclic) bond motifs is 1. The quantitative estimate of drug-likeness (QED) is 0.919. The molecule has 0 radical (unpaired) electrons. The first-order valence-corrected chi connectivity index (χ1v) is 7.93. The minimum Gasteiger partial charge on any atom is -0.497 e. The van der Waals surface area contributed by atoms with Crippen LogP contribution in [-0.2, 0) is 6.42 Å². The van der Waals surface area contributed by atoms with Crippen LogP contribution >= 0.6 is 0 Å². The third-order valence-electron chi connectivity index (χ3n) is 4.08. The molecule has 1 N–H and O–H groups in total. The smallest absolute Gasteiger partial charge is 0.258 e. The number of amides is 1. The molecule has 1 aliphatic carbocycles. The van der Waals surface area contributed by atoms with Gasteiger partial charge in [-0.15, -0.1) is 0 Å². The first kappa shape index (κ1) is 16.9. The highest BCUT2D eigenvalue weighted by molar-refractivity contribution is 6.04. The number of methoxy groups -OCH3 is 2. The van der Waals surface area contributed by atoms with Crippen molar-refractivity contribution in [1.29, 1.82) is 0 Å². The van der Waals surface area contributed by atoms with Crippen molar-refractivity contribution >= 4 is 17.6 Å². The van der Waals surface area contributed by atoms with Gasteiger partial charge in [0.25, 0.3) is 5.91 Å². The third kappa shape index (κ3) is 3.60. The fraction of sp³-hybridized carbons (Fsp3) is 0.333. The molecular formula is C18H19N3O4. The molecule has 1 aliphatic rings. The van der Waals surface area contributed by atoms with Gasteiger partial charge in [-0.1, -0.05) is 6.92 Å². The van der Waals surface area contributed by atoms with Crippen LogP contribution in [0, 0.1) is 5.92 Å². The highest BCUT2D eigenvalue weighted by Gasteiger charge is 2.24. The fourth-order valence-corrected chi connectivity index (χ4v) is 2.81. The number of nitrogens with zero attached hydrogens (tertiary/aromatic N) is 2. The Hall–Kier alpha value is -2.96. The number of anilines is 1. The van der Waals surface area contributed by atoms with E-state index in [0.29, 0.717) is 41.2 Å². The van der Waals surface area contributed by atoms with E-state index in [1.54, 1.807) is 18.2 Å². The number of carbonyl (C=O) groups excluding carboxylic acids is 2. The first-order chi connectivity index (χ1) is 12.0. The van der Waals surface area contributed by atoms with E-state index < -0.39 is 0 Å². The summed E-state index contributed by atoms with van der Waals surface area (Å²) in [4.78, 5) is 32.9. The van der Waals surface area contributed by atoms with Crippen molar-refractivity contribution in [3.8, 4) is 11.5 Å². The predicted molar refractivity (Wildman–Crippen MR) is 91.3 cm³/mol. The lowest BCUT2D eigenvalue weighted by molar-refractivity contribution is 0.0951. The van der Waals surface area contributed by atoms with E-state index in [-0.39, 0.29) is 23.6 Å². The minimum atomic E-state index is -0.382. The van der Waals surface area contributed by atoms with Crippen molar-refractivity contribution in [2.24, 2.45) is 5.92 Å². The summed E-state index contributed by atoms with van der Waals surface area (Å²) in [5.41, 5.74) is 1.58. The highest BCUT2D eigenvalue weighted by atomic mass is 16.5. The van der Waals surface area contributed by atoms with Crippen molar-refractivity contribution in [2.75, 3.05) is 19.5 Å². The minimum absolute atomic E-state index is 0.0455. The maximum absolute atomic E-state index is 12.5. The monoisotopic (exact) mass is 341 g/mol. The Bertz CT molecular complexity index is 813. The number of nitrogens with one attached hydrogen (secondary N) is 1. The van der Waals surface area contributed by atoms with E-state index in [9.17, 15) is 9.59 Å². The van der Waals surface area contributed by atoms with Crippen LogP contribution in [0.3, 0.4) is 0 Å². The van der Waals surface area contributed by atoms with Crippen LogP contribution in [0.4, 0.5) is 5.95 Å². The SMILES string of the molecule is COc1cc(OC)cc(C(=O)Nc2ncc3c(n2)CC(C)CC3=O)c1. The van der Waals surface area contributed by atoms with Crippen LogP contribution in [-0.4, -0.2) is 35.9 Å². The second-order valence-electron chi connectivity index (χ2n) is 6.05. The summed E-state index contributed by atoms with van der Waals surface area (Å²) >= 11 is 0. The zero-order valence-corrected chi connectivity index (χ0v) is 14.3. The van der Waals surface area contributed by atoms with Crippen molar-refractivity contribution < 1.29 is 19.1 Å². The van der Waals surface area contributed by atoms with Gasteiger partial charge in [-0.3, -0.25) is 14.9 Å². The molecule has 7 nitrogen and oxygen atoms in total. The number of aromatic nitrogens is 2. The number of ether oxygens (including phenoxy) is 2. The lowest BCUT2D eigenvalue weighted by atomic mass is 9.88. The van der Waals surface area contributed by atoms with E-state index >= 15 is 0 Å². The average Bonchev–Trinajstić information content (AvgIpc) is 2.60. The van der Waals surface area contributed by atoms with Gasteiger partial charge in [0, 0.05) is 24.2 Å². The summed E-state index contributed by atoms with van der Waals surface area (Å²) in [5, 5.41) is 2.66. The normalized spacial score (nSPS) is 16.1. The largest absolute Gasteiger partial charge is 0.497 e. The molecule has 2 aromatic rings.